The van der Waals surface area contributed by atoms with E-state index in [2.05, 4.69) is 0 Å². The molecule has 112 valence electrons. The third-order valence-electron chi connectivity index (χ3n) is 3.36. The van der Waals surface area contributed by atoms with E-state index in [1.165, 1.54) is 4.31 Å². The van der Waals surface area contributed by atoms with E-state index in [1.807, 2.05) is 31.2 Å². The first-order valence-electron chi connectivity index (χ1n) is 6.74. The summed E-state index contributed by atoms with van der Waals surface area (Å²) in [5.74, 6) is 0. The summed E-state index contributed by atoms with van der Waals surface area (Å²) in [6.07, 6.45) is 0. The first-order valence-corrected chi connectivity index (χ1v) is 8.18. The van der Waals surface area contributed by atoms with Gasteiger partial charge in [-0.3, -0.25) is 0 Å². The number of aryl methyl sites for hydroxylation is 1. The van der Waals surface area contributed by atoms with Gasteiger partial charge in [-0.2, -0.15) is 4.31 Å². The summed E-state index contributed by atoms with van der Waals surface area (Å²) in [4.78, 5) is 0.311. The zero-order valence-electron chi connectivity index (χ0n) is 12.3. The molecule has 0 radical (unpaired) electrons. The minimum absolute atomic E-state index is 0.311. The van der Waals surface area contributed by atoms with E-state index in [0.717, 1.165) is 16.7 Å². The SMILES string of the molecule is Cc1ccc(S(=O)(=O)N(C)Cc2cccc(CN)c2)cc1. The Morgan fingerprint density at radius 2 is 1.67 bits per heavy atom. The standard InChI is InChI=1S/C16H20N2O2S/c1-13-6-8-16(9-7-13)21(19,20)18(2)12-15-5-3-4-14(10-15)11-17/h3-10H,11-12,17H2,1-2H3. The summed E-state index contributed by atoms with van der Waals surface area (Å²) in [7, 11) is -1.88. The van der Waals surface area contributed by atoms with Crippen LogP contribution in [-0.4, -0.2) is 19.8 Å². The van der Waals surface area contributed by atoms with Crippen molar-refractivity contribution in [3.05, 3.63) is 65.2 Å². The van der Waals surface area contributed by atoms with Crippen molar-refractivity contribution in [3.8, 4) is 0 Å². The Morgan fingerprint density at radius 3 is 2.29 bits per heavy atom. The zero-order valence-corrected chi connectivity index (χ0v) is 13.1. The fraction of sp³-hybridized carbons (Fsp3) is 0.250. The quantitative estimate of drug-likeness (QED) is 0.921. The maximum atomic E-state index is 12.5. The molecule has 0 heterocycles. The molecule has 4 nitrogen and oxygen atoms in total. The first kappa shape index (κ1) is 15.7. The Labute approximate surface area is 126 Å². The number of hydrogen-bond acceptors (Lipinski definition) is 3. The molecule has 2 aromatic carbocycles. The van der Waals surface area contributed by atoms with Gasteiger partial charge in [0.2, 0.25) is 10.0 Å². The molecule has 0 aliphatic carbocycles. The molecule has 0 aliphatic rings. The second-order valence-electron chi connectivity index (χ2n) is 5.10. The maximum absolute atomic E-state index is 12.5. The highest BCUT2D eigenvalue weighted by Crippen LogP contribution is 2.17. The number of nitrogens with two attached hydrogens (primary N) is 1. The first-order chi connectivity index (χ1) is 9.93. The fourth-order valence-electron chi connectivity index (χ4n) is 2.09. The number of nitrogens with zero attached hydrogens (tertiary/aromatic N) is 1. The highest BCUT2D eigenvalue weighted by molar-refractivity contribution is 7.89. The van der Waals surface area contributed by atoms with Crippen molar-refractivity contribution in [2.75, 3.05) is 7.05 Å². The predicted molar refractivity (Wildman–Crippen MR) is 84.2 cm³/mol. The zero-order chi connectivity index (χ0) is 15.5. The Balaban J connectivity index is 2.22. The molecule has 2 rings (SSSR count). The van der Waals surface area contributed by atoms with Crippen LogP contribution in [0.4, 0.5) is 0 Å². The van der Waals surface area contributed by atoms with Crippen molar-refractivity contribution >= 4 is 10.0 Å². The molecule has 0 saturated carbocycles. The van der Waals surface area contributed by atoms with Gasteiger partial charge < -0.3 is 5.73 Å². The van der Waals surface area contributed by atoms with Gasteiger partial charge in [0.15, 0.2) is 0 Å². The third-order valence-corrected chi connectivity index (χ3v) is 5.18. The van der Waals surface area contributed by atoms with E-state index < -0.39 is 10.0 Å². The number of sulfonamides is 1. The summed E-state index contributed by atoms with van der Waals surface area (Å²) in [6.45, 7) is 2.70. The predicted octanol–water partition coefficient (Wildman–Crippen LogP) is 2.27. The van der Waals surface area contributed by atoms with Crippen LogP contribution in [0.5, 0.6) is 0 Å². The minimum atomic E-state index is -3.47. The van der Waals surface area contributed by atoms with Crippen molar-refractivity contribution in [2.45, 2.75) is 24.9 Å². The molecule has 2 aromatic rings. The van der Waals surface area contributed by atoms with Crippen molar-refractivity contribution in [1.29, 1.82) is 0 Å². The van der Waals surface area contributed by atoms with Crippen LogP contribution in [0.15, 0.2) is 53.4 Å². The van der Waals surface area contributed by atoms with Crippen LogP contribution in [0.2, 0.25) is 0 Å². The molecule has 0 spiro atoms. The molecular weight excluding hydrogens is 284 g/mol. The van der Waals surface area contributed by atoms with Gasteiger partial charge in [-0.25, -0.2) is 8.42 Å². The van der Waals surface area contributed by atoms with Gasteiger partial charge in [0.25, 0.3) is 0 Å². The highest BCUT2D eigenvalue weighted by Gasteiger charge is 2.20. The van der Waals surface area contributed by atoms with E-state index >= 15 is 0 Å². The van der Waals surface area contributed by atoms with Gasteiger partial charge in [-0.1, -0.05) is 42.0 Å². The second-order valence-corrected chi connectivity index (χ2v) is 7.14. The smallest absolute Gasteiger partial charge is 0.243 e. The van der Waals surface area contributed by atoms with Crippen molar-refractivity contribution in [1.82, 2.24) is 4.31 Å². The van der Waals surface area contributed by atoms with Crippen molar-refractivity contribution < 1.29 is 8.42 Å². The molecule has 0 atom stereocenters. The third kappa shape index (κ3) is 3.69. The van der Waals surface area contributed by atoms with E-state index in [4.69, 9.17) is 5.73 Å². The van der Waals surface area contributed by atoms with Gasteiger partial charge in [0.05, 0.1) is 4.90 Å². The van der Waals surface area contributed by atoms with Crippen molar-refractivity contribution in [3.63, 3.8) is 0 Å². The molecule has 0 bridgehead atoms. The Morgan fingerprint density at radius 1 is 1.05 bits per heavy atom. The van der Waals surface area contributed by atoms with Gasteiger partial charge in [-0.05, 0) is 30.2 Å². The van der Waals surface area contributed by atoms with Crippen molar-refractivity contribution in [2.24, 2.45) is 5.73 Å². The van der Waals surface area contributed by atoms with Gasteiger partial charge in [0, 0.05) is 20.1 Å². The van der Waals surface area contributed by atoms with E-state index in [9.17, 15) is 8.42 Å². The average molecular weight is 304 g/mol. The van der Waals surface area contributed by atoms with Crippen LogP contribution in [-0.2, 0) is 23.1 Å². The largest absolute Gasteiger partial charge is 0.326 e. The van der Waals surface area contributed by atoms with E-state index in [1.54, 1.807) is 31.3 Å². The van der Waals surface area contributed by atoms with E-state index in [0.29, 0.717) is 18.0 Å². The summed E-state index contributed by atoms with van der Waals surface area (Å²) < 4.78 is 26.4. The number of benzene rings is 2. The molecule has 0 fully saturated rings. The molecule has 21 heavy (non-hydrogen) atoms. The van der Waals surface area contributed by atoms with Crippen LogP contribution in [0.1, 0.15) is 16.7 Å². The Kier molecular flexibility index (Phi) is 4.77. The molecule has 5 heteroatoms. The lowest BCUT2D eigenvalue weighted by Crippen LogP contribution is -2.26. The minimum Gasteiger partial charge on any atom is -0.326 e. The summed E-state index contributed by atoms with van der Waals surface area (Å²) in [5, 5.41) is 0. The normalized spacial score (nSPS) is 11.8. The van der Waals surface area contributed by atoms with E-state index in [-0.39, 0.29) is 0 Å². The maximum Gasteiger partial charge on any atom is 0.243 e. The van der Waals surface area contributed by atoms with Crippen LogP contribution in [0, 0.1) is 6.92 Å². The molecule has 0 saturated heterocycles. The lowest BCUT2D eigenvalue weighted by Gasteiger charge is -2.17. The molecular formula is C16H20N2O2S. The Bertz CT molecular complexity index is 709. The summed E-state index contributed by atoms with van der Waals surface area (Å²) >= 11 is 0. The number of rotatable bonds is 5. The monoisotopic (exact) mass is 304 g/mol. The number of hydrogen-bond donors (Lipinski definition) is 1. The van der Waals surface area contributed by atoms with Crippen LogP contribution in [0.25, 0.3) is 0 Å². The fourth-order valence-corrected chi connectivity index (χ4v) is 3.25. The van der Waals surface area contributed by atoms with Gasteiger partial charge >= 0.3 is 0 Å². The summed E-state index contributed by atoms with van der Waals surface area (Å²) in [6, 6.07) is 14.5. The molecule has 0 unspecified atom stereocenters. The lowest BCUT2D eigenvalue weighted by atomic mass is 10.1. The summed E-state index contributed by atoms with van der Waals surface area (Å²) in [5.41, 5.74) is 8.56. The Hall–Kier alpha value is -1.69. The molecule has 0 aliphatic heterocycles. The topological polar surface area (TPSA) is 63.4 Å². The van der Waals surface area contributed by atoms with Crippen LogP contribution >= 0.6 is 0 Å². The van der Waals surface area contributed by atoms with Crippen LogP contribution < -0.4 is 5.73 Å². The molecule has 2 N–H and O–H groups in total. The molecule has 0 aromatic heterocycles. The van der Waals surface area contributed by atoms with Gasteiger partial charge in [-0.15, -0.1) is 0 Å². The second kappa shape index (κ2) is 6.39. The molecule has 0 amide bonds. The highest BCUT2D eigenvalue weighted by atomic mass is 32.2. The average Bonchev–Trinajstić information content (AvgIpc) is 2.48. The van der Waals surface area contributed by atoms with Gasteiger partial charge in [0.1, 0.15) is 0 Å². The lowest BCUT2D eigenvalue weighted by molar-refractivity contribution is 0.466. The van der Waals surface area contributed by atoms with Crippen LogP contribution in [0.3, 0.4) is 0 Å².